The van der Waals surface area contributed by atoms with Crippen molar-refractivity contribution in [2.24, 2.45) is 0 Å². The molecule has 1 aliphatic rings. The molecule has 0 radical (unpaired) electrons. The number of esters is 1. The Labute approximate surface area is 183 Å². The highest BCUT2D eigenvalue weighted by atomic mass is 32.1. The number of methoxy groups -OCH3 is 1. The maximum atomic E-state index is 13.2. The highest BCUT2D eigenvalue weighted by Crippen LogP contribution is 2.38. The smallest absolute Gasteiger partial charge is 0.409 e. The van der Waals surface area contributed by atoms with Gasteiger partial charge in [-0.15, -0.1) is 11.3 Å². The zero-order chi connectivity index (χ0) is 22.0. The first-order chi connectivity index (χ1) is 15.0. The number of carbonyl (C=O) groups is 3. The largest absolute Gasteiger partial charge is 0.462 e. The molecule has 160 valence electrons. The van der Waals surface area contributed by atoms with Crippen LogP contribution in [-0.2, 0) is 22.4 Å². The number of benzene rings is 2. The number of rotatable bonds is 4. The van der Waals surface area contributed by atoms with Crippen molar-refractivity contribution in [3.05, 3.63) is 64.0 Å². The third kappa shape index (κ3) is 3.98. The number of ether oxygens (including phenoxy) is 2. The molecule has 2 aromatic carbocycles. The summed E-state index contributed by atoms with van der Waals surface area (Å²) >= 11 is 1.29. The van der Waals surface area contributed by atoms with E-state index in [2.05, 4.69) is 5.32 Å². The van der Waals surface area contributed by atoms with Crippen LogP contribution in [-0.4, -0.2) is 43.1 Å². The molecule has 8 heteroatoms. The summed E-state index contributed by atoms with van der Waals surface area (Å²) in [5.74, 6) is -0.773. The van der Waals surface area contributed by atoms with Crippen LogP contribution in [0, 0.1) is 0 Å². The van der Waals surface area contributed by atoms with E-state index in [4.69, 9.17) is 9.47 Å². The first-order valence-electron chi connectivity index (χ1n) is 9.97. The molecule has 31 heavy (non-hydrogen) atoms. The highest BCUT2D eigenvalue weighted by molar-refractivity contribution is 7.17. The number of hydrogen-bond donors (Lipinski definition) is 1. The van der Waals surface area contributed by atoms with Crippen molar-refractivity contribution in [3.8, 4) is 0 Å². The predicted octanol–water partition coefficient (Wildman–Crippen LogP) is 4.45. The Morgan fingerprint density at radius 1 is 1.13 bits per heavy atom. The van der Waals surface area contributed by atoms with Gasteiger partial charge in [0, 0.05) is 17.0 Å². The normalized spacial score (nSPS) is 12.9. The van der Waals surface area contributed by atoms with E-state index in [1.807, 2.05) is 36.4 Å². The summed E-state index contributed by atoms with van der Waals surface area (Å²) in [6.07, 6.45) is 0.0669. The van der Waals surface area contributed by atoms with Gasteiger partial charge in [-0.1, -0.05) is 36.4 Å². The molecule has 2 heterocycles. The molecule has 4 rings (SSSR count). The van der Waals surface area contributed by atoms with Crippen molar-refractivity contribution in [1.29, 1.82) is 0 Å². The maximum absolute atomic E-state index is 13.2. The molecule has 0 atom stereocenters. The Bertz CT molecular complexity index is 1160. The summed E-state index contributed by atoms with van der Waals surface area (Å²) < 4.78 is 10.1. The summed E-state index contributed by atoms with van der Waals surface area (Å²) in [6.45, 7) is 2.72. The summed E-state index contributed by atoms with van der Waals surface area (Å²) in [6, 6.07) is 13.2. The van der Waals surface area contributed by atoms with Gasteiger partial charge in [-0.3, -0.25) is 4.79 Å². The number of nitrogens with one attached hydrogen (secondary N) is 1. The molecule has 0 saturated heterocycles. The first-order valence-corrected chi connectivity index (χ1v) is 10.8. The van der Waals surface area contributed by atoms with Gasteiger partial charge in [-0.2, -0.15) is 0 Å². The number of nitrogens with zero attached hydrogens (tertiary/aromatic N) is 1. The lowest BCUT2D eigenvalue weighted by Crippen LogP contribution is -2.35. The van der Waals surface area contributed by atoms with Crippen LogP contribution >= 0.6 is 11.3 Å². The van der Waals surface area contributed by atoms with E-state index < -0.39 is 12.1 Å². The van der Waals surface area contributed by atoms with Gasteiger partial charge in [0.15, 0.2) is 0 Å². The Balaban J connectivity index is 1.70. The lowest BCUT2D eigenvalue weighted by Gasteiger charge is -2.25. The van der Waals surface area contributed by atoms with Crippen LogP contribution in [0.5, 0.6) is 0 Å². The molecule has 0 unspecified atom stereocenters. The maximum Gasteiger partial charge on any atom is 0.409 e. The number of amides is 2. The minimum absolute atomic E-state index is 0.231. The number of anilines is 1. The van der Waals surface area contributed by atoms with Gasteiger partial charge in [0.05, 0.1) is 25.8 Å². The lowest BCUT2D eigenvalue weighted by atomic mass is 10.0. The molecule has 0 spiro atoms. The second-order valence-corrected chi connectivity index (χ2v) is 8.16. The Morgan fingerprint density at radius 3 is 2.68 bits per heavy atom. The molecule has 1 aromatic heterocycles. The lowest BCUT2D eigenvalue weighted by molar-refractivity contribution is 0.0526. The van der Waals surface area contributed by atoms with Gasteiger partial charge in [0.25, 0.3) is 5.91 Å². The SMILES string of the molecule is CCOC(=O)c1c(NC(=O)c2cccc3ccccc23)sc2c1CCN(C(=O)OC)C2. The Hall–Kier alpha value is -3.39. The van der Waals surface area contributed by atoms with E-state index >= 15 is 0 Å². The zero-order valence-electron chi connectivity index (χ0n) is 17.3. The van der Waals surface area contributed by atoms with Crippen molar-refractivity contribution in [1.82, 2.24) is 4.90 Å². The van der Waals surface area contributed by atoms with Crippen LogP contribution in [0.25, 0.3) is 10.8 Å². The van der Waals surface area contributed by atoms with E-state index in [0.29, 0.717) is 35.6 Å². The third-order valence-electron chi connectivity index (χ3n) is 5.23. The molecule has 0 saturated carbocycles. The van der Waals surface area contributed by atoms with Gasteiger partial charge in [-0.25, -0.2) is 9.59 Å². The summed E-state index contributed by atoms with van der Waals surface area (Å²) in [4.78, 5) is 40.2. The van der Waals surface area contributed by atoms with Crippen LogP contribution < -0.4 is 5.32 Å². The Kier molecular flexibility index (Phi) is 5.90. The number of fused-ring (bicyclic) bond motifs is 2. The fourth-order valence-corrected chi connectivity index (χ4v) is 5.04. The zero-order valence-corrected chi connectivity index (χ0v) is 18.1. The summed E-state index contributed by atoms with van der Waals surface area (Å²) in [5, 5.41) is 5.15. The molecule has 0 bridgehead atoms. The predicted molar refractivity (Wildman–Crippen MR) is 119 cm³/mol. The minimum atomic E-state index is -0.472. The van der Waals surface area contributed by atoms with E-state index in [-0.39, 0.29) is 12.5 Å². The topological polar surface area (TPSA) is 84.9 Å². The minimum Gasteiger partial charge on any atom is -0.462 e. The van der Waals surface area contributed by atoms with Crippen LogP contribution in [0.1, 0.15) is 38.1 Å². The van der Waals surface area contributed by atoms with Crippen LogP contribution in [0.15, 0.2) is 42.5 Å². The van der Waals surface area contributed by atoms with Crippen molar-refractivity contribution >= 4 is 45.1 Å². The van der Waals surface area contributed by atoms with E-state index in [9.17, 15) is 14.4 Å². The molecule has 7 nitrogen and oxygen atoms in total. The van der Waals surface area contributed by atoms with Gasteiger partial charge >= 0.3 is 12.1 Å². The molecule has 0 fully saturated rings. The summed E-state index contributed by atoms with van der Waals surface area (Å²) in [5.41, 5.74) is 1.72. The van der Waals surface area contributed by atoms with Crippen molar-refractivity contribution in [3.63, 3.8) is 0 Å². The van der Waals surface area contributed by atoms with E-state index in [1.165, 1.54) is 18.4 Å². The van der Waals surface area contributed by atoms with E-state index in [1.54, 1.807) is 17.9 Å². The highest BCUT2D eigenvalue weighted by Gasteiger charge is 2.31. The average molecular weight is 439 g/mol. The quantitative estimate of drug-likeness (QED) is 0.608. The molecular weight excluding hydrogens is 416 g/mol. The molecule has 1 aliphatic heterocycles. The number of hydrogen-bond acceptors (Lipinski definition) is 6. The van der Waals surface area contributed by atoms with Crippen molar-refractivity contribution < 1.29 is 23.9 Å². The third-order valence-corrected chi connectivity index (χ3v) is 6.36. The van der Waals surface area contributed by atoms with E-state index in [0.717, 1.165) is 21.2 Å². The van der Waals surface area contributed by atoms with Gasteiger partial charge in [-0.05, 0) is 35.7 Å². The van der Waals surface area contributed by atoms with Gasteiger partial charge in [0.1, 0.15) is 5.00 Å². The molecular formula is C23H22N2O5S. The molecule has 2 amide bonds. The van der Waals surface area contributed by atoms with Crippen LogP contribution in [0.3, 0.4) is 0 Å². The average Bonchev–Trinajstić information content (AvgIpc) is 3.15. The van der Waals surface area contributed by atoms with Gasteiger partial charge in [0.2, 0.25) is 0 Å². The second-order valence-electron chi connectivity index (χ2n) is 7.05. The fraction of sp³-hybridized carbons (Fsp3) is 0.261. The second kappa shape index (κ2) is 8.77. The molecule has 3 aromatic rings. The van der Waals surface area contributed by atoms with Crippen LogP contribution in [0.2, 0.25) is 0 Å². The summed E-state index contributed by atoms with van der Waals surface area (Å²) in [7, 11) is 1.34. The standard InChI is InChI=1S/C23H22N2O5S/c1-3-30-22(27)19-17-11-12-25(23(28)29-2)13-18(17)31-21(19)24-20(26)16-10-6-8-14-7-4-5-9-15(14)16/h4-10H,3,11-13H2,1-2H3,(H,24,26). The molecule has 0 aliphatic carbocycles. The van der Waals surface area contributed by atoms with Crippen molar-refractivity contribution in [2.45, 2.75) is 19.9 Å². The fourth-order valence-electron chi connectivity index (χ4n) is 3.79. The first kappa shape index (κ1) is 20.9. The van der Waals surface area contributed by atoms with Crippen molar-refractivity contribution in [2.75, 3.05) is 25.6 Å². The van der Waals surface area contributed by atoms with Crippen LogP contribution in [0.4, 0.5) is 9.80 Å². The van der Waals surface area contributed by atoms with Gasteiger partial charge < -0.3 is 19.7 Å². The number of thiophene rings is 1. The number of carbonyl (C=O) groups excluding carboxylic acids is 3. The molecule has 1 N–H and O–H groups in total. The Morgan fingerprint density at radius 2 is 1.90 bits per heavy atom. The monoisotopic (exact) mass is 438 g/mol.